The molecule has 9 heteroatoms. The van der Waals surface area contributed by atoms with Gasteiger partial charge in [-0.05, 0) is 31.7 Å². The Kier molecular flexibility index (Phi) is 11.9. The molecule has 29 heavy (non-hydrogen) atoms. The van der Waals surface area contributed by atoms with E-state index in [1.54, 1.807) is 19.4 Å². The quantitative estimate of drug-likeness (QED) is 0.312. The van der Waals surface area contributed by atoms with E-state index in [1.807, 2.05) is 11.0 Å². The number of hydrogen-bond donors (Lipinski definition) is 2. The second-order valence-corrected chi connectivity index (χ2v) is 7.68. The van der Waals surface area contributed by atoms with E-state index >= 15 is 0 Å². The van der Waals surface area contributed by atoms with Crippen LogP contribution in [0.4, 0.5) is 5.95 Å². The van der Waals surface area contributed by atoms with Gasteiger partial charge in [0.05, 0.1) is 0 Å². The number of aliphatic imine (C=N–C) groups is 1. The maximum Gasteiger partial charge on any atom is 0.225 e. The molecular weight excluding hydrogens is 481 g/mol. The normalized spacial score (nSPS) is 15.7. The molecule has 1 aliphatic rings. The highest BCUT2D eigenvalue weighted by atomic mass is 127. The Hall–Kier alpha value is -1.65. The molecule has 1 saturated heterocycles. The zero-order valence-corrected chi connectivity index (χ0v) is 20.4. The lowest BCUT2D eigenvalue weighted by molar-refractivity contribution is -0.131. The van der Waals surface area contributed by atoms with Gasteiger partial charge in [-0.15, -0.1) is 24.0 Å². The van der Waals surface area contributed by atoms with Gasteiger partial charge >= 0.3 is 0 Å². The third kappa shape index (κ3) is 9.14. The summed E-state index contributed by atoms with van der Waals surface area (Å²) in [6, 6.07) is 2.17. The molecule has 1 fully saturated rings. The molecule has 1 atom stereocenters. The number of carbonyl (C=O) groups is 1. The fourth-order valence-electron chi connectivity index (χ4n) is 3.14. The molecule has 2 N–H and O–H groups in total. The Balaban J connectivity index is 0.00000420. The predicted octanol–water partition coefficient (Wildman–Crippen LogP) is 2.12. The molecule has 1 unspecified atom stereocenters. The van der Waals surface area contributed by atoms with Crippen LogP contribution >= 0.6 is 24.0 Å². The van der Waals surface area contributed by atoms with Gasteiger partial charge in [-0.1, -0.05) is 13.8 Å². The Morgan fingerprint density at radius 2 is 1.79 bits per heavy atom. The number of rotatable bonds is 8. The number of carbonyl (C=O) groups excluding carboxylic acids is 1. The molecule has 8 nitrogen and oxygen atoms in total. The van der Waals surface area contributed by atoms with Crippen LogP contribution < -0.4 is 15.5 Å². The number of aromatic nitrogens is 2. The second kappa shape index (κ2) is 13.6. The number of halogens is 1. The van der Waals surface area contributed by atoms with Gasteiger partial charge < -0.3 is 20.4 Å². The highest BCUT2D eigenvalue weighted by Crippen LogP contribution is 2.10. The number of hydrogen-bond acceptors (Lipinski definition) is 5. The monoisotopic (exact) mass is 517 g/mol. The van der Waals surface area contributed by atoms with E-state index in [4.69, 9.17) is 0 Å². The van der Waals surface area contributed by atoms with Crippen LogP contribution in [0.1, 0.15) is 40.0 Å². The summed E-state index contributed by atoms with van der Waals surface area (Å²) in [5.74, 6) is 2.36. The summed E-state index contributed by atoms with van der Waals surface area (Å²) in [7, 11) is 1.76. The van der Waals surface area contributed by atoms with E-state index in [9.17, 15) is 4.79 Å². The summed E-state index contributed by atoms with van der Waals surface area (Å²) in [4.78, 5) is 29.3. The van der Waals surface area contributed by atoms with Crippen LogP contribution in [0.2, 0.25) is 0 Å². The first kappa shape index (κ1) is 25.4. The predicted molar refractivity (Wildman–Crippen MR) is 129 cm³/mol. The van der Waals surface area contributed by atoms with Gasteiger partial charge in [0.15, 0.2) is 5.96 Å². The molecule has 1 aromatic heterocycles. The lowest BCUT2D eigenvalue weighted by atomic mass is 10.0. The molecule has 0 aliphatic carbocycles. The third-order valence-electron chi connectivity index (χ3n) is 4.88. The number of piperazine rings is 1. The first-order chi connectivity index (χ1) is 13.5. The molecule has 164 valence electrons. The second-order valence-electron chi connectivity index (χ2n) is 7.68. The van der Waals surface area contributed by atoms with Crippen molar-refractivity contribution in [2.75, 3.05) is 44.7 Å². The summed E-state index contributed by atoms with van der Waals surface area (Å²) < 4.78 is 0. The first-order valence-corrected chi connectivity index (χ1v) is 10.3. The molecular formula is C20H36IN7O. The summed E-state index contributed by atoms with van der Waals surface area (Å²) in [5, 5.41) is 6.65. The average molecular weight is 517 g/mol. The Labute approximate surface area is 192 Å². The Morgan fingerprint density at radius 3 is 2.38 bits per heavy atom. The SMILES string of the molecule is CN=C(NCCC(=O)N1CCN(c2ncccn2)CC1)NC(C)CCC(C)C.I. The number of nitrogens with one attached hydrogen (secondary N) is 2. The number of nitrogens with zero attached hydrogens (tertiary/aromatic N) is 5. The van der Waals surface area contributed by atoms with E-state index < -0.39 is 0 Å². The Morgan fingerprint density at radius 1 is 1.14 bits per heavy atom. The number of guanidine groups is 1. The molecule has 0 radical (unpaired) electrons. The summed E-state index contributed by atoms with van der Waals surface area (Å²) in [6.45, 7) is 10.1. The summed E-state index contributed by atoms with van der Waals surface area (Å²) in [6.07, 6.45) is 6.24. The minimum atomic E-state index is 0. The fraction of sp³-hybridized carbons (Fsp3) is 0.700. The molecule has 1 aliphatic heterocycles. The zero-order chi connectivity index (χ0) is 20.4. The van der Waals surface area contributed by atoms with Gasteiger partial charge in [0.25, 0.3) is 0 Å². The number of anilines is 1. The molecule has 0 saturated carbocycles. The van der Waals surface area contributed by atoms with Crippen molar-refractivity contribution < 1.29 is 4.79 Å². The van der Waals surface area contributed by atoms with Crippen LogP contribution in [0.5, 0.6) is 0 Å². The van der Waals surface area contributed by atoms with E-state index in [0.29, 0.717) is 38.0 Å². The van der Waals surface area contributed by atoms with Gasteiger partial charge in [-0.3, -0.25) is 9.79 Å². The van der Waals surface area contributed by atoms with Crippen LogP contribution in [-0.2, 0) is 4.79 Å². The van der Waals surface area contributed by atoms with Crippen molar-refractivity contribution in [3.05, 3.63) is 18.5 Å². The zero-order valence-electron chi connectivity index (χ0n) is 18.1. The lowest BCUT2D eigenvalue weighted by Crippen LogP contribution is -2.50. The van der Waals surface area contributed by atoms with E-state index in [0.717, 1.165) is 31.4 Å². The van der Waals surface area contributed by atoms with E-state index in [1.165, 1.54) is 6.42 Å². The molecule has 1 aromatic rings. The van der Waals surface area contributed by atoms with Gasteiger partial charge in [-0.2, -0.15) is 0 Å². The smallest absolute Gasteiger partial charge is 0.225 e. The van der Waals surface area contributed by atoms with E-state index in [-0.39, 0.29) is 29.9 Å². The topological polar surface area (TPSA) is 85.8 Å². The minimum absolute atomic E-state index is 0. The van der Waals surface area contributed by atoms with Crippen molar-refractivity contribution >= 4 is 41.8 Å². The van der Waals surface area contributed by atoms with Crippen LogP contribution in [0.3, 0.4) is 0 Å². The molecule has 0 spiro atoms. The van der Waals surface area contributed by atoms with Crippen molar-refractivity contribution in [2.45, 2.75) is 46.1 Å². The fourth-order valence-corrected chi connectivity index (χ4v) is 3.14. The third-order valence-corrected chi connectivity index (χ3v) is 4.88. The molecule has 0 bridgehead atoms. The number of amides is 1. The van der Waals surface area contributed by atoms with Gasteiger partial charge in [0.2, 0.25) is 11.9 Å². The molecule has 2 rings (SSSR count). The lowest BCUT2D eigenvalue weighted by Gasteiger charge is -2.34. The maximum absolute atomic E-state index is 12.5. The highest BCUT2D eigenvalue weighted by molar-refractivity contribution is 14.0. The maximum atomic E-state index is 12.5. The standard InChI is InChI=1S/C20H35N7O.HI/c1-16(2)6-7-17(3)25-19(21-4)22-11-8-18(28)26-12-14-27(15-13-26)20-23-9-5-10-24-20;/h5,9-10,16-17H,6-8,11-15H2,1-4H3,(H2,21,22,25);1H. The average Bonchev–Trinajstić information content (AvgIpc) is 2.72. The summed E-state index contributed by atoms with van der Waals surface area (Å²) >= 11 is 0. The Bertz CT molecular complexity index is 619. The van der Waals surface area contributed by atoms with Crippen LogP contribution in [0.15, 0.2) is 23.5 Å². The van der Waals surface area contributed by atoms with Crippen molar-refractivity contribution in [3.63, 3.8) is 0 Å². The van der Waals surface area contributed by atoms with Crippen LogP contribution in [-0.4, -0.2) is 72.5 Å². The van der Waals surface area contributed by atoms with Gasteiger partial charge in [-0.25, -0.2) is 9.97 Å². The largest absolute Gasteiger partial charge is 0.356 e. The minimum Gasteiger partial charge on any atom is -0.356 e. The van der Waals surface area contributed by atoms with Crippen molar-refractivity contribution in [2.24, 2.45) is 10.9 Å². The molecule has 2 heterocycles. The molecule has 1 amide bonds. The van der Waals surface area contributed by atoms with Crippen LogP contribution in [0.25, 0.3) is 0 Å². The molecule has 0 aromatic carbocycles. The van der Waals surface area contributed by atoms with Crippen LogP contribution in [0, 0.1) is 5.92 Å². The van der Waals surface area contributed by atoms with Crippen molar-refractivity contribution in [1.82, 2.24) is 25.5 Å². The first-order valence-electron chi connectivity index (χ1n) is 10.3. The summed E-state index contributed by atoms with van der Waals surface area (Å²) in [5.41, 5.74) is 0. The van der Waals surface area contributed by atoms with Crippen molar-refractivity contribution in [1.29, 1.82) is 0 Å². The van der Waals surface area contributed by atoms with Crippen molar-refractivity contribution in [3.8, 4) is 0 Å². The van der Waals surface area contributed by atoms with E-state index in [2.05, 4.69) is 51.3 Å². The van der Waals surface area contributed by atoms with Gasteiger partial charge in [0.1, 0.15) is 0 Å². The van der Waals surface area contributed by atoms with Gasteiger partial charge in [0, 0.05) is 64.6 Å². The highest BCUT2D eigenvalue weighted by Gasteiger charge is 2.22.